The van der Waals surface area contributed by atoms with E-state index in [1.54, 1.807) is 0 Å². The number of aryl methyl sites for hydroxylation is 1. The van der Waals surface area contributed by atoms with Crippen LogP contribution in [-0.2, 0) is 11.2 Å². The summed E-state index contributed by atoms with van der Waals surface area (Å²) in [5.41, 5.74) is 2.53. The van der Waals surface area contributed by atoms with Crippen LogP contribution in [-0.4, -0.2) is 37.0 Å². The molecule has 2 aliphatic carbocycles. The molecule has 0 bridgehead atoms. The summed E-state index contributed by atoms with van der Waals surface area (Å²) in [5, 5.41) is 15.6. The van der Waals surface area contributed by atoms with Crippen molar-refractivity contribution in [2.75, 3.05) is 19.8 Å². The fourth-order valence-electron chi connectivity index (χ4n) is 3.04. The lowest BCUT2D eigenvalue weighted by Crippen LogP contribution is -2.43. The van der Waals surface area contributed by atoms with Crippen LogP contribution in [0.15, 0.2) is 24.3 Å². The molecular formula is C18H26N2O3. The first-order chi connectivity index (χ1) is 11.2. The van der Waals surface area contributed by atoms with E-state index in [9.17, 15) is 9.90 Å². The lowest BCUT2D eigenvalue weighted by Gasteiger charge is -2.26. The minimum atomic E-state index is -0.654. The van der Waals surface area contributed by atoms with E-state index in [0.717, 1.165) is 25.9 Å². The smallest absolute Gasteiger partial charge is 0.315 e. The van der Waals surface area contributed by atoms with Crippen molar-refractivity contribution in [2.24, 2.45) is 5.92 Å². The van der Waals surface area contributed by atoms with Gasteiger partial charge in [-0.05, 0) is 49.1 Å². The molecule has 2 amide bonds. The summed E-state index contributed by atoms with van der Waals surface area (Å²) in [6.45, 7) is 1.22. The average Bonchev–Trinajstić information content (AvgIpc) is 3.38. The number of hydrogen-bond donors (Lipinski definition) is 3. The molecule has 2 aliphatic rings. The van der Waals surface area contributed by atoms with Crippen molar-refractivity contribution in [3.63, 3.8) is 0 Å². The predicted molar refractivity (Wildman–Crippen MR) is 88.2 cm³/mol. The number of benzene rings is 1. The van der Waals surface area contributed by atoms with E-state index in [0.29, 0.717) is 5.92 Å². The number of hydrogen-bond acceptors (Lipinski definition) is 3. The van der Waals surface area contributed by atoms with Gasteiger partial charge in [-0.25, -0.2) is 4.79 Å². The van der Waals surface area contributed by atoms with Gasteiger partial charge in [-0.2, -0.15) is 0 Å². The first-order valence-electron chi connectivity index (χ1n) is 8.60. The molecule has 5 nitrogen and oxygen atoms in total. The molecule has 1 saturated carbocycles. The Morgan fingerprint density at radius 1 is 1.30 bits per heavy atom. The third kappa shape index (κ3) is 4.94. The Morgan fingerprint density at radius 2 is 2.13 bits per heavy atom. The highest BCUT2D eigenvalue weighted by Gasteiger charge is 2.22. The predicted octanol–water partition coefficient (Wildman–Crippen LogP) is 2.15. The first kappa shape index (κ1) is 16.3. The number of fused-ring (bicyclic) bond motifs is 1. The number of aliphatic hydroxyl groups is 1. The van der Waals surface area contributed by atoms with Crippen LogP contribution in [0.2, 0.25) is 0 Å². The molecular weight excluding hydrogens is 292 g/mol. The molecule has 0 aromatic heterocycles. The van der Waals surface area contributed by atoms with Gasteiger partial charge in [0.05, 0.1) is 18.8 Å². The molecule has 0 spiro atoms. The van der Waals surface area contributed by atoms with Crippen molar-refractivity contribution >= 4 is 6.03 Å². The zero-order valence-corrected chi connectivity index (χ0v) is 13.5. The van der Waals surface area contributed by atoms with E-state index in [1.807, 2.05) is 12.1 Å². The molecule has 3 rings (SSSR count). The SMILES string of the molecule is O=C(NCC(O)COCC1CC1)NC1CCCc2ccccc21. The summed E-state index contributed by atoms with van der Waals surface area (Å²) in [7, 11) is 0. The second kappa shape index (κ2) is 7.79. The first-order valence-corrected chi connectivity index (χ1v) is 8.60. The average molecular weight is 318 g/mol. The lowest BCUT2D eigenvalue weighted by molar-refractivity contribution is 0.0337. The molecule has 2 unspecified atom stereocenters. The zero-order chi connectivity index (χ0) is 16.1. The Bertz CT molecular complexity index is 531. The fraction of sp³-hybridized carbons (Fsp3) is 0.611. The minimum absolute atomic E-state index is 0.0585. The lowest BCUT2D eigenvalue weighted by atomic mass is 9.88. The number of nitrogens with one attached hydrogen (secondary N) is 2. The fourth-order valence-corrected chi connectivity index (χ4v) is 3.04. The second-order valence-corrected chi connectivity index (χ2v) is 6.63. The summed E-state index contributed by atoms with van der Waals surface area (Å²) in [5.74, 6) is 0.685. The van der Waals surface area contributed by atoms with Crippen LogP contribution >= 0.6 is 0 Å². The van der Waals surface area contributed by atoms with Crippen molar-refractivity contribution in [1.82, 2.24) is 10.6 Å². The van der Waals surface area contributed by atoms with Gasteiger partial charge in [0.15, 0.2) is 0 Å². The monoisotopic (exact) mass is 318 g/mol. The van der Waals surface area contributed by atoms with Gasteiger partial charge < -0.3 is 20.5 Å². The molecule has 5 heteroatoms. The third-order valence-corrected chi connectivity index (χ3v) is 4.53. The molecule has 3 N–H and O–H groups in total. The van der Waals surface area contributed by atoms with Crippen LogP contribution in [0.1, 0.15) is 42.9 Å². The van der Waals surface area contributed by atoms with Crippen molar-refractivity contribution in [3.8, 4) is 0 Å². The van der Waals surface area contributed by atoms with Crippen LogP contribution in [0.25, 0.3) is 0 Å². The summed E-state index contributed by atoms with van der Waals surface area (Å²) in [4.78, 5) is 12.0. The van der Waals surface area contributed by atoms with Gasteiger partial charge in [0.2, 0.25) is 0 Å². The quantitative estimate of drug-likeness (QED) is 0.721. The Labute approximate surface area is 137 Å². The van der Waals surface area contributed by atoms with Crippen LogP contribution in [0, 0.1) is 5.92 Å². The van der Waals surface area contributed by atoms with Crippen LogP contribution in [0.3, 0.4) is 0 Å². The maximum absolute atomic E-state index is 12.0. The van der Waals surface area contributed by atoms with Gasteiger partial charge in [0.1, 0.15) is 0 Å². The molecule has 1 aromatic carbocycles. The van der Waals surface area contributed by atoms with Gasteiger partial charge >= 0.3 is 6.03 Å². The van der Waals surface area contributed by atoms with Crippen molar-refractivity contribution < 1.29 is 14.6 Å². The van der Waals surface area contributed by atoms with Gasteiger partial charge in [-0.15, -0.1) is 0 Å². The van der Waals surface area contributed by atoms with Gasteiger partial charge in [0, 0.05) is 13.2 Å². The summed E-state index contributed by atoms with van der Waals surface area (Å²) in [6.07, 6.45) is 4.93. The third-order valence-electron chi connectivity index (χ3n) is 4.53. The molecule has 126 valence electrons. The Hall–Kier alpha value is -1.59. The van der Waals surface area contributed by atoms with E-state index in [1.165, 1.54) is 24.0 Å². The maximum atomic E-state index is 12.0. The summed E-state index contributed by atoms with van der Waals surface area (Å²) >= 11 is 0. The van der Waals surface area contributed by atoms with Gasteiger partial charge in [-0.1, -0.05) is 24.3 Å². The Kier molecular flexibility index (Phi) is 5.51. The van der Waals surface area contributed by atoms with E-state index < -0.39 is 6.10 Å². The molecule has 1 aromatic rings. The van der Waals surface area contributed by atoms with Crippen molar-refractivity contribution in [2.45, 2.75) is 44.2 Å². The molecule has 23 heavy (non-hydrogen) atoms. The number of rotatable bonds is 7. The van der Waals surface area contributed by atoms with Crippen LogP contribution < -0.4 is 10.6 Å². The summed E-state index contributed by atoms with van der Waals surface area (Å²) < 4.78 is 5.43. The number of ether oxygens (including phenoxy) is 1. The van der Waals surface area contributed by atoms with Crippen LogP contribution in [0.4, 0.5) is 4.79 Å². The normalized spacial score (nSPS) is 21.3. The van der Waals surface area contributed by atoms with E-state index >= 15 is 0 Å². The standard InChI is InChI=1S/C18H26N2O3/c21-15(12-23-11-13-8-9-13)10-19-18(22)20-17-7-3-5-14-4-1-2-6-16(14)17/h1-2,4,6,13,15,17,21H,3,5,7-12H2,(H2,19,20,22). The largest absolute Gasteiger partial charge is 0.389 e. The number of aliphatic hydroxyl groups excluding tert-OH is 1. The number of carbonyl (C=O) groups excluding carboxylic acids is 1. The highest BCUT2D eigenvalue weighted by Crippen LogP contribution is 2.29. The Balaban J connectivity index is 1.39. The molecule has 1 fully saturated rings. The number of amides is 2. The number of urea groups is 1. The van der Waals surface area contributed by atoms with E-state index in [4.69, 9.17) is 4.74 Å². The van der Waals surface area contributed by atoms with E-state index in [-0.39, 0.29) is 25.2 Å². The highest BCUT2D eigenvalue weighted by molar-refractivity contribution is 5.74. The summed E-state index contributed by atoms with van der Waals surface area (Å²) in [6, 6.07) is 8.09. The van der Waals surface area contributed by atoms with Crippen LogP contribution in [0.5, 0.6) is 0 Å². The maximum Gasteiger partial charge on any atom is 0.315 e. The Morgan fingerprint density at radius 3 is 2.96 bits per heavy atom. The zero-order valence-electron chi connectivity index (χ0n) is 13.5. The second-order valence-electron chi connectivity index (χ2n) is 6.63. The highest BCUT2D eigenvalue weighted by atomic mass is 16.5. The molecule has 0 saturated heterocycles. The van der Waals surface area contributed by atoms with Crippen molar-refractivity contribution in [3.05, 3.63) is 35.4 Å². The topological polar surface area (TPSA) is 70.6 Å². The molecule has 0 radical (unpaired) electrons. The van der Waals surface area contributed by atoms with Gasteiger partial charge in [0.25, 0.3) is 0 Å². The molecule has 0 aliphatic heterocycles. The molecule has 0 heterocycles. The van der Waals surface area contributed by atoms with E-state index in [2.05, 4.69) is 22.8 Å². The van der Waals surface area contributed by atoms with Gasteiger partial charge in [-0.3, -0.25) is 0 Å². The van der Waals surface area contributed by atoms with Crippen molar-refractivity contribution in [1.29, 1.82) is 0 Å². The minimum Gasteiger partial charge on any atom is -0.389 e. The molecule has 2 atom stereocenters. The number of carbonyl (C=O) groups is 1.